The van der Waals surface area contributed by atoms with Crippen molar-refractivity contribution < 1.29 is 0 Å². The second-order valence-electron chi connectivity index (χ2n) is 4.65. The van der Waals surface area contributed by atoms with Crippen LogP contribution in [0.25, 0.3) is 5.82 Å². The Kier molecular flexibility index (Phi) is 3.82. The van der Waals surface area contributed by atoms with Gasteiger partial charge < -0.3 is 10.6 Å². The Balaban J connectivity index is 1.84. The average molecular weight is 279 g/mol. The van der Waals surface area contributed by atoms with E-state index in [1.54, 1.807) is 12.5 Å². The first-order chi connectivity index (χ1) is 10.4. The van der Waals surface area contributed by atoms with Crippen LogP contribution in [0.15, 0.2) is 61.3 Å². The van der Waals surface area contributed by atoms with Crippen molar-refractivity contribution in [2.75, 3.05) is 17.7 Å². The highest BCUT2D eigenvalue weighted by molar-refractivity contribution is 5.69. The Bertz CT molecular complexity index is 692. The van der Waals surface area contributed by atoms with E-state index in [9.17, 15) is 0 Å². The lowest BCUT2D eigenvalue weighted by atomic mass is 10.2. The van der Waals surface area contributed by atoms with E-state index in [-0.39, 0.29) is 0 Å². The molecule has 0 bridgehead atoms. The Labute approximate surface area is 123 Å². The summed E-state index contributed by atoms with van der Waals surface area (Å²) in [5.41, 5.74) is 3.22. The molecule has 0 fully saturated rings. The molecule has 0 saturated carbocycles. The molecule has 2 N–H and O–H groups in total. The van der Waals surface area contributed by atoms with Gasteiger partial charge in [-0.3, -0.25) is 4.57 Å². The molecule has 0 radical (unpaired) electrons. The summed E-state index contributed by atoms with van der Waals surface area (Å²) in [5, 5.41) is 6.60. The van der Waals surface area contributed by atoms with Crippen molar-refractivity contribution in [2.24, 2.45) is 0 Å². The van der Waals surface area contributed by atoms with Gasteiger partial charge in [0.25, 0.3) is 0 Å². The van der Waals surface area contributed by atoms with Gasteiger partial charge in [-0.05, 0) is 5.56 Å². The Morgan fingerprint density at radius 1 is 1.14 bits per heavy atom. The highest BCUT2D eigenvalue weighted by atomic mass is 15.1. The quantitative estimate of drug-likeness (QED) is 0.754. The molecule has 5 heteroatoms. The summed E-state index contributed by atoms with van der Waals surface area (Å²) in [6.07, 6.45) is 7.18. The van der Waals surface area contributed by atoms with Crippen LogP contribution in [0.1, 0.15) is 5.56 Å². The maximum Gasteiger partial charge on any atom is 0.140 e. The van der Waals surface area contributed by atoms with Gasteiger partial charge in [-0.25, -0.2) is 9.97 Å². The number of hydrogen-bond acceptors (Lipinski definition) is 4. The van der Waals surface area contributed by atoms with E-state index in [1.165, 1.54) is 5.56 Å². The van der Waals surface area contributed by atoms with Crippen LogP contribution in [-0.4, -0.2) is 21.6 Å². The number of rotatable bonds is 5. The predicted octanol–water partition coefficient (Wildman–Crippen LogP) is 2.92. The molecule has 0 amide bonds. The fourth-order valence-electron chi connectivity index (χ4n) is 2.12. The van der Waals surface area contributed by atoms with E-state index in [1.807, 2.05) is 48.3 Å². The molecule has 3 aromatic rings. The molecule has 0 atom stereocenters. The molecule has 0 saturated heterocycles. The Hall–Kier alpha value is -2.82. The second kappa shape index (κ2) is 6.09. The fraction of sp³-hybridized carbons (Fsp3) is 0.125. The minimum absolute atomic E-state index is 0.767. The summed E-state index contributed by atoms with van der Waals surface area (Å²) < 4.78 is 1.88. The van der Waals surface area contributed by atoms with Gasteiger partial charge in [0, 0.05) is 32.1 Å². The molecule has 21 heavy (non-hydrogen) atoms. The molecule has 0 unspecified atom stereocenters. The molecule has 5 nitrogen and oxygen atoms in total. The van der Waals surface area contributed by atoms with Crippen LogP contribution in [-0.2, 0) is 6.54 Å². The maximum atomic E-state index is 4.43. The number of aromatic nitrogens is 3. The molecule has 2 heterocycles. The van der Waals surface area contributed by atoms with Gasteiger partial charge in [-0.1, -0.05) is 30.3 Å². The molecule has 0 spiro atoms. The summed E-state index contributed by atoms with van der Waals surface area (Å²) in [6, 6.07) is 12.3. The summed E-state index contributed by atoms with van der Waals surface area (Å²) in [7, 11) is 1.89. The third-order valence-corrected chi connectivity index (χ3v) is 3.25. The first-order valence-electron chi connectivity index (χ1n) is 6.81. The van der Waals surface area contributed by atoms with Crippen LogP contribution in [0.3, 0.4) is 0 Å². The van der Waals surface area contributed by atoms with E-state index in [0.29, 0.717) is 0 Å². The van der Waals surface area contributed by atoms with Crippen LogP contribution in [0.2, 0.25) is 0 Å². The standard InChI is InChI=1S/C16H17N5/c1-17-15-11-20-16(21-8-7-18-12-21)9-14(15)19-10-13-5-3-2-4-6-13/h2-9,11-12,17H,10H2,1H3,(H,19,20). The average Bonchev–Trinajstić information content (AvgIpc) is 3.08. The number of nitrogens with one attached hydrogen (secondary N) is 2. The number of nitrogens with zero attached hydrogens (tertiary/aromatic N) is 3. The lowest BCUT2D eigenvalue weighted by Crippen LogP contribution is -2.05. The number of hydrogen-bond donors (Lipinski definition) is 2. The fourth-order valence-corrected chi connectivity index (χ4v) is 2.12. The molecule has 0 aliphatic rings. The highest BCUT2D eigenvalue weighted by Gasteiger charge is 2.05. The zero-order chi connectivity index (χ0) is 14.5. The summed E-state index contributed by atoms with van der Waals surface area (Å²) >= 11 is 0. The summed E-state index contributed by atoms with van der Waals surface area (Å²) in [5.74, 6) is 0.835. The third kappa shape index (κ3) is 3.02. The highest BCUT2D eigenvalue weighted by Crippen LogP contribution is 2.23. The topological polar surface area (TPSA) is 54.8 Å². The van der Waals surface area contributed by atoms with Crippen molar-refractivity contribution in [3.63, 3.8) is 0 Å². The van der Waals surface area contributed by atoms with Gasteiger partial charge in [0.2, 0.25) is 0 Å². The smallest absolute Gasteiger partial charge is 0.140 e. The van der Waals surface area contributed by atoms with Crippen LogP contribution in [0.5, 0.6) is 0 Å². The minimum atomic E-state index is 0.767. The zero-order valence-corrected chi connectivity index (χ0v) is 11.8. The number of pyridine rings is 1. The van der Waals surface area contributed by atoms with Crippen molar-refractivity contribution in [3.8, 4) is 5.82 Å². The van der Waals surface area contributed by atoms with Crippen LogP contribution >= 0.6 is 0 Å². The lowest BCUT2D eigenvalue weighted by Gasteiger charge is -2.13. The van der Waals surface area contributed by atoms with Crippen molar-refractivity contribution >= 4 is 11.4 Å². The van der Waals surface area contributed by atoms with Gasteiger partial charge >= 0.3 is 0 Å². The molecule has 2 aromatic heterocycles. The molecular formula is C16H17N5. The molecule has 0 aliphatic heterocycles. The second-order valence-corrected chi connectivity index (χ2v) is 4.65. The summed E-state index contributed by atoms with van der Waals surface area (Å²) in [6.45, 7) is 0.767. The van der Waals surface area contributed by atoms with Crippen molar-refractivity contribution in [2.45, 2.75) is 6.54 Å². The molecule has 106 valence electrons. The van der Waals surface area contributed by atoms with E-state index in [4.69, 9.17) is 0 Å². The van der Waals surface area contributed by atoms with Gasteiger partial charge in [0.15, 0.2) is 0 Å². The number of benzene rings is 1. The predicted molar refractivity (Wildman–Crippen MR) is 84.7 cm³/mol. The van der Waals surface area contributed by atoms with E-state index in [0.717, 1.165) is 23.7 Å². The van der Waals surface area contributed by atoms with Gasteiger partial charge in [0.1, 0.15) is 12.1 Å². The number of anilines is 2. The first-order valence-corrected chi connectivity index (χ1v) is 6.81. The minimum Gasteiger partial charge on any atom is -0.385 e. The van der Waals surface area contributed by atoms with Gasteiger partial charge in [0.05, 0.1) is 17.6 Å². The van der Waals surface area contributed by atoms with E-state index >= 15 is 0 Å². The maximum absolute atomic E-state index is 4.43. The number of imidazole rings is 1. The summed E-state index contributed by atoms with van der Waals surface area (Å²) in [4.78, 5) is 8.48. The largest absolute Gasteiger partial charge is 0.385 e. The molecule has 3 rings (SSSR count). The van der Waals surface area contributed by atoms with Gasteiger partial charge in [-0.15, -0.1) is 0 Å². The van der Waals surface area contributed by atoms with Crippen LogP contribution in [0, 0.1) is 0 Å². The molecular weight excluding hydrogens is 262 g/mol. The van der Waals surface area contributed by atoms with Crippen LogP contribution in [0.4, 0.5) is 11.4 Å². The molecule has 0 aliphatic carbocycles. The van der Waals surface area contributed by atoms with E-state index in [2.05, 4.69) is 32.7 Å². The Morgan fingerprint density at radius 3 is 2.71 bits per heavy atom. The zero-order valence-electron chi connectivity index (χ0n) is 11.8. The Morgan fingerprint density at radius 2 is 2.00 bits per heavy atom. The van der Waals surface area contributed by atoms with Crippen molar-refractivity contribution in [3.05, 3.63) is 66.9 Å². The normalized spacial score (nSPS) is 10.3. The van der Waals surface area contributed by atoms with Crippen molar-refractivity contribution in [1.82, 2.24) is 14.5 Å². The monoisotopic (exact) mass is 279 g/mol. The van der Waals surface area contributed by atoms with Gasteiger partial charge in [-0.2, -0.15) is 0 Å². The lowest BCUT2D eigenvalue weighted by molar-refractivity contribution is 0.991. The van der Waals surface area contributed by atoms with Crippen LogP contribution < -0.4 is 10.6 Å². The molecule has 1 aromatic carbocycles. The first kappa shape index (κ1) is 13.2. The van der Waals surface area contributed by atoms with E-state index < -0.39 is 0 Å². The third-order valence-electron chi connectivity index (χ3n) is 3.25. The van der Waals surface area contributed by atoms with Crippen molar-refractivity contribution in [1.29, 1.82) is 0 Å². The SMILES string of the molecule is CNc1cnc(-n2ccnc2)cc1NCc1ccccc1.